The quantitative estimate of drug-likeness (QED) is 0.151. The van der Waals surface area contributed by atoms with E-state index in [1.54, 1.807) is 7.05 Å². The van der Waals surface area contributed by atoms with Gasteiger partial charge in [-0.2, -0.15) is 0 Å². The topological polar surface area (TPSA) is 21.6 Å². The second-order valence-electron chi connectivity index (χ2n) is 7.42. The van der Waals surface area contributed by atoms with Crippen LogP contribution in [0.3, 0.4) is 0 Å². The molecule has 0 aliphatic rings. The van der Waals surface area contributed by atoms with Crippen LogP contribution in [0.4, 0.5) is 0 Å². The summed E-state index contributed by atoms with van der Waals surface area (Å²) in [5, 5.41) is 0. The van der Waals surface area contributed by atoms with Crippen molar-refractivity contribution in [1.29, 1.82) is 0 Å². The standard InChI is InChI=1S/C27H35NO/c1-5-7-8-9-10-11-12-13-23-14-16-25(17-15-23)22(3)29-27-19-18-24(6-2)26(20-27)21-28-4/h5,14-21H,1,3,6-13H2,2,4H3. The number of aryl methyl sites for hydroxylation is 2. The van der Waals surface area contributed by atoms with E-state index >= 15 is 0 Å². The maximum atomic E-state index is 6.01. The first-order valence-corrected chi connectivity index (χ1v) is 10.8. The Kier molecular flexibility index (Phi) is 9.99. The van der Waals surface area contributed by atoms with Crippen LogP contribution in [-0.4, -0.2) is 13.3 Å². The molecule has 0 fully saturated rings. The summed E-state index contributed by atoms with van der Waals surface area (Å²) < 4.78 is 6.01. The van der Waals surface area contributed by atoms with Crippen molar-refractivity contribution in [3.05, 3.63) is 84.0 Å². The average molecular weight is 390 g/mol. The molecule has 0 aliphatic carbocycles. The summed E-state index contributed by atoms with van der Waals surface area (Å²) in [6.07, 6.45) is 13.6. The zero-order valence-electron chi connectivity index (χ0n) is 18.1. The fraction of sp³-hybridized carbons (Fsp3) is 0.370. The van der Waals surface area contributed by atoms with E-state index in [-0.39, 0.29) is 0 Å². The van der Waals surface area contributed by atoms with E-state index in [0.717, 1.165) is 36.1 Å². The van der Waals surface area contributed by atoms with Gasteiger partial charge in [0.25, 0.3) is 0 Å². The minimum absolute atomic E-state index is 0.669. The number of ether oxygens (including phenoxy) is 1. The summed E-state index contributed by atoms with van der Waals surface area (Å²) >= 11 is 0. The van der Waals surface area contributed by atoms with E-state index in [4.69, 9.17) is 4.74 Å². The maximum Gasteiger partial charge on any atom is 0.128 e. The number of aliphatic imine (C=N–C) groups is 1. The van der Waals surface area contributed by atoms with Gasteiger partial charge in [0, 0.05) is 18.8 Å². The van der Waals surface area contributed by atoms with E-state index in [1.165, 1.54) is 43.2 Å². The van der Waals surface area contributed by atoms with Gasteiger partial charge in [-0.15, -0.1) is 6.58 Å². The van der Waals surface area contributed by atoms with E-state index < -0.39 is 0 Å². The molecule has 0 amide bonds. The minimum Gasteiger partial charge on any atom is -0.457 e. The third-order valence-corrected chi connectivity index (χ3v) is 5.16. The van der Waals surface area contributed by atoms with E-state index in [9.17, 15) is 0 Å². The highest BCUT2D eigenvalue weighted by molar-refractivity contribution is 5.82. The van der Waals surface area contributed by atoms with Crippen molar-refractivity contribution in [2.75, 3.05) is 7.05 Å². The van der Waals surface area contributed by atoms with Crippen molar-refractivity contribution < 1.29 is 4.74 Å². The molecule has 0 radical (unpaired) electrons. The molecule has 2 nitrogen and oxygen atoms in total. The van der Waals surface area contributed by atoms with Crippen molar-refractivity contribution in [3.8, 4) is 5.75 Å². The van der Waals surface area contributed by atoms with Crippen LogP contribution in [0, 0.1) is 0 Å². The highest BCUT2D eigenvalue weighted by atomic mass is 16.5. The van der Waals surface area contributed by atoms with Crippen LogP contribution in [0.2, 0.25) is 0 Å². The Hall–Kier alpha value is -2.61. The normalized spacial score (nSPS) is 11.0. The Morgan fingerprint density at radius 1 is 1.00 bits per heavy atom. The largest absolute Gasteiger partial charge is 0.457 e. The average Bonchev–Trinajstić information content (AvgIpc) is 2.74. The van der Waals surface area contributed by atoms with E-state index in [1.807, 2.05) is 24.4 Å². The molecule has 0 bridgehead atoms. The van der Waals surface area contributed by atoms with Gasteiger partial charge >= 0.3 is 0 Å². The van der Waals surface area contributed by atoms with Crippen LogP contribution in [0.1, 0.15) is 67.7 Å². The summed E-state index contributed by atoms with van der Waals surface area (Å²) in [6.45, 7) is 10.0. The molecule has 0 aliphatic heterocycles. The van der Waals surface area contributed by atoms with Gasteiger partial charge in [0.05, 0.1) is 0 Å². The Balaban J connectivity index is 1.85. The third-order valence-electron chi connectivity index (χ3n) is 5.16. The molecule has 2 aromatic rings. The lowest BCUT2D eigenvalue weighted by Gasteiger charge is -2.12. The molecule has 154 valence electrons. The molecule has 0 saturated carbocycles. The van der Waals surface area contributed by atoms with Gasteiger partial charge in [-0.25, -0.2) is 0 Å². The zero-order chi connectivity index (χ0) is 20.9. The molecule has 0 heterocycles. The molecule has 0 N–H and O–H groups in total. The van der Waals surface area contributed by atoms with Crippen LogP contribution < -0.4 is 4.74 Å². The molecule has 0 unspecified atom stereocenters. The second kappa shape index (κ2) is 12.8. The SMILES string of the molecule is C=CCCCCCCCc1ccc(C(=C)Oc2ccc(CC)c(C=NC)c2)cc1. The van der Waals surface area contributed by atoms with Crippen LogP contribution in [-0.2, 0) is 12.8 Å². The molecular formula is C27H35NO. The summed E-state index contributed by atoms with van der Waals surface area (Å²) in [5.41, 5.74) is 4.75. The Morgan fingerprint density at radius 3 is 2.41 bits per heavy atom. The number of rotatable bonds is 13. The van der Waals surface area contributed by atoms with Gasteiger partial charge in [0.1, 0.15) is 11.5 Å². The molecular weight excluding hydrogens is 354 g/mol. The summed E-state index contributed by atoms with van der Waals surface area (Å²) in [5.74, 6) is 1.46. The van der Waals surface area contributed by atoms with Crippen LogP contribution in [0.25, 0.3) is 5.76 Å². The molecule has 0 spiro atoms. The van der Waals surface area contributed by atoms with Crippen molar-refractivity contribution >= 4 is 12.0 Å². The highest BCUT2D eigenvalue weighted by Gasteiger charge is 2.06. The predicted octanol–water partition coefficient (Wildman–Crippen LogP) is 7.42. The Labute approximate surface area is 177 Å². The van der Waals surface area contributed by atoms with Crippen LogP contribution in [0.15, 0.2) is 66.7 Å². The lowest BCUT2D eigenvalue weighted by Crippen LogP contribution is -1.97. The van der Waals surface area contributed by atoms with Crippen molar-refractivity contribution in [3.63, 3.8) is 0 Å². The van der Waals surface area contributed by atoms with Gasteiger partial charge in [-0.3, -0.25) is 4.99 Å². The third kappa shape index (κ3) is 7.73. The first-order valence-electron chi connectivity index (χ1n) is 10.8. The molecule has 2 heteroatoms. The first-order chi connectivity index (χ1) is 14.2. The predicted molar refractivity (Wildman–Crippen MR) is 127 cm³/mol. The molecule has 29 heavy (non-hydrogen) atoms. The lowest BCUT2D eigenvalue weighted by atomic mass is 10.0. The molecule has 2 aromatic carbocycles. The lowest BCUT2D eigenvalue weighted by molar-refractivity contribution is 0.516. The van der Waals surface area contributed by atoms with Gasteiger partial charge in [-0.05, 0) is 60.9 Å². The molecule has 2 rings (SSSR count). The smallest absolute Gasteiger partial charge is 0.128 e. The summed E-state index contributed by atoms with van der Waals surface area (Å²) in [6, 6.07) is 14.7. The molecule has 0 atom stereocenters. The van der Waals surface area contributed by atoms with Crippen molar-refractivity contribution in [2.24, 2.45) is 4.99 Å². The highest BCUT2D eigenvalue weighted by Crippen LogP contribution is 2.23. The summed E-state index contributed by atoms with van der Waals surface area (Å²) in [4.78, 5) is 4.14. The van der Waals surface area contributed by atoms with Crippen LogP contribution in [0.5, 0.6) is 5.75 Å². The Morgan fingerprint density at radius 2 is 1.72 bits per heavy atom. The number of allylic oxidation sites excluding steroid dienone is 1. The number of benzene rings is 2. The van der Waals surface area contributed by atoms with E-state index in [0.29, 0.717) is 5.76 Å². The Bertz CT molecular complexity index is 802. The molecule has 0 saturated heterocycles. The molecule has 0 aromatic heterocycles. The van der Waals surface area contributed by atoms with Gasteiger partial charge in [0.2, 0.25) is 0 Å². The van der Waals surface area contributed by atoms with Crippen molar-refractivity contribution in [2.45, 2.75) is 58.3 Å². The van der Waals surface area contributed by atoms with E-state index in [2.05, 4.69) is 55.4 Å². The number of nitrogens with zero attached hydrogens (tertiary/aromatic N) is 1. The monoisotopic (exact) mass is 389 g/mol. The second-order valence-corrected chi connectivity index (χ2v) is 7.42. The fourth-order valence-corrected chi connectivity index (χ4v) is 3.42. The zero-order valence-corrected chi connectivity index (χ0v) is 18.1. The maximum absolute atomic E-state index is 6.01. The van der Waals surface area contributed by atoms with Crippen LogP contribution >= 0.6 is 0 Å². The van der Waals surface area contributed by atoms with Crippen molar-refractivity contribution in [1.82, 2.24) is 0 Å². The summed E-state index contributed by atoms with van der Waals surface area (Å²) in [7, 11) is 1.79. The number of unbranched alkanes of at least 4 members (excludes halogenated alkanes) is 5. The van der Waals surface area contributed by atoms with Gasteiger partial charge < -0.3 is 4.74 Å². The minimum atomic E-state index is 0.669. The number of hydrogen-bond acceptors (Lipinski definition) is 2. The van der Waals surface area contributed by atoms with Gasteiger partial charge in [-0.1, -0.05) is 69.2 Å². The van der Waals surface area contributed by atoms with Gasteiger partial charge in [0.15, 0.2) is 0 Å². The number of hydrogen-bond donors (Lipinski definition) is 0. The fourth-order valence-electron chi connectivity index (χ4n) is 3.42. The first kappa shape index (κ1) is 22.7.